The first-order valence-corrected chi connectivity index (χ1v) is 9.52. The molecule has 0 saturated carbocycles. The molecule has 2 N–H and O–H groups in total. The highest BCUT2D eigenvalue weighted by Crippen LogP contribution is 2.27. The van der Waals surface area contributed by atoms with Gasteiger partial charge in [0, 0.05) is 24.7 Å². The quantitative estimate of drug-likeness (QED) is 0.729. The van der Waals surface area contributed by atoms with Crippen LogP contribution in [0.25, 0.3) is 11.0 Å². The average Bonchev–Trinajstić information content (AvgIpc) is 3.04. The molecule has 7 nitrogen and oxygen atoms in total. The van der Waals surface area contributed by atoms with Crippen LogP contribution in [-0.2, 0) is 4.74 Å². The summed E-state index contributed by atoms with van der Waals surface area (Å²) in [4.78, 5) is 30.1. The third kappa shape index (κ3) is 3.41. The first kappa shape index (κ1) is 18.3. The lowest BCUT2D eigenvalue weighted by molar-refractivity contribution is 0.102. The summed E-state index contributed by atoms with van der Waals surface area (Å²) in [6, 6.07) is 13.1. The van der Waals surface area contributed by atoms with Crippen LogP contribution in [0.5, 0.6) is 0 Å². The van der Waals surface area contributed by atoms with Gasteiger partial charge in [-0.2, -0.15) is 0 Å². The third-order valence-corrected chi connectivity index (χ3v) is 5.00. The average molecular weight is 380 g/mol. The number of fused-ring (bicyclic) bond motifs is 1. The highest BCUT2D eigenvalue weighted by Gasteiger charge is 2.17. The molecule has 0 aliphatic carbocycles. The standard InChI is InChI=1S/C21H24N4O3/c1-14(2)25-19-8-7-15(13-17(19)23-21(25)27)20(26)22-16-5-3-4-6-18(16)24-9-11-28-12-10-24/h3-8,13-14H,9-12H2,1-2H3,(H,22,26)(H,23,27). The van der Waals surface area contributed by atoms with Crippen molar-refractivity contribution in [2.75, 3.05) is 36.5 Å². The molecule has 2 heterocycles. The SMILES string of the molecule is CC(C)n1c(=O)[nH]c2cc(C(=O)Nc3ccccc3N3CCOCC3)ccc21. The van der Waals surface area contributed by atoms with Crippen LogP contribution in [0.4, 0.5) is 11.4 Å². The number of benzene rings is 2. The molecule has 2 aromatic carbocycles. The predicted octanol–water partition coefficient (Wildman–Crippen LogP) is 3.00. The lowest BCUT2D eigenvalue weighted by Crippen LogP contribution is -2.36. The molecule has 7 heteroatoms. The number of morpholine rings is 1. The zero-order valence-corrected chi connectivity index (χ0v) is 16.1. The van der Waals surface area contributed by atoms with E-state index in [1.165, 1.54) is 0 Å². The van der Waals surface area contributed by atoms with Crippen molar-refractivity contribution in [2.45, 2.75) is 19.9 Å². The molecule has 0 atom stereocenters. The number of carbonyl (C=O) groups is 1. The molecule has 4 rings (SSSR count). The number of hydrogen-bond acceptors (Lipinski definition) is 4. The van der Waals surface area contributed by atoms with Gasteiger partial charge in [0.15, 0.2) is 0 Å². The Bertz CT molecular complexity index is 1060. The van der Waals surface area contributed by atoms with E-state index < -0.39 is 0 Å². The number of imidazole rings is 1. The van der Waals surface area contributed by atoms with E-state index in [0.717, 1.165) is 30.0 Å². The number of ether oxygens (including phenoxy) is 1. The molecular weight excluding hydrogens is 356 g/mol. The van der Waals surface area contributed by atoms with Crippen molar-refractivity contribution in [1.29, 1.82) is 0 Å². The minimum absolute atomic E-state index is 0.0429. The molecule has 0 bridgehead atoms. The predicted molar refractivity (Wildman–Crippen MR) is 110 cm³/mol. The van der Waals surface area contributed by atoms with E-state index in [4.69, 9.17) is 4.74 Å². The van der Waals surface area contributed by atoms with Gasteiger partial charge in [-0.1, -0.05) is 12.1 Å². The summed E-state index contributed by atoms with van der Waals surface area (Å²) in [6.45, 7) is 6.86. The van der Waals surface area contributed by atoms with E-state index in [9.17, 15) is 9.59 Å². The van der Waals surface area contributed by atoms with E-state index in [0.29, 0.717) is 24.3 Å². The summed E-state index contributed by atoms with van der Waals surface area (Å²) in [5.41, 5.74) is 3.54. The number of para-hydroxylation sites is 2. The van der Waals surface area contributed by atoms with Crippen molar-refractivity contribution < 1.29 is 9.53 Å². The molecule has 28 heavy (non-hydrogen) atoms. The second-order valence-electron chi connectivity index (χ2n) is 7.20. The number of hydrogen-bond donors (Lipinski definition) is 2. The van der Waals surface area contributed by atoms with Gasteiger partial charge >= 0.3 is 5.69 Å². The Balaban J connectivity index is 1.62. The van der Waals surface area contributed by atoms with Crippen LogP contribution in [0.2, 0.25) is 0 Å². The Morgan fingerprint density at radius 2 is 1.89 bits per heavy atom. The number of anilines is 2. The molecule has 3 aromatic rings. The Morgan fingerprint density at radius 1 is 1.14 bits per heavy atom. The van der Waals surface area contributed by atoms with Gasteiger partial charge in [0.25, 0.3) is 5.91 Å². The Hall–Kier alpha value is -3.06. The van der Waals surface area contributed by atoms with Crippen LogP contribution < -0.4 is 15.9 Å². The second kappa shape index (κ2) is 7.52. The molecule has 0 spiro atoms. The minimum atomic E-state index is -0.208. The molecule has 1 aromatic heterocycles. The van der Waals surface area contributed by atoms with Gasteiger partial charge in [-0.05, 0) is 44.2 Å². The van der Waals surface area contributed by atoms with Crippen LogP contribution in [-0.4, -0.2) is 41.8 Å². The highest BCUT2D eigenvalue weighted by atomic mass is 16.5. The maximum atomic E-state index is 12.9. The minimum Gasteiger partial charge on any atom is -0.378 e. The maximum absolute atomic E-state index is 12.9. The fraction of sp³-hybridized carbons (Fsp3) is 0.333. The molecular formula is C21H24N4O3. The van der Waals surface area contributed by atoms with E-state index in [1.807, 2.05) is 44.2 Å². The van der Waals surface area contributed by atoms with Crippen LogP contribution in [0, 0.1) is 0 Å². The summed E-state index contributed by atoms with van der Waals surface area (Å²) in [6.07, 6.45) is 0. The summed E-state index contributed by atoms with van der Waals surface area (Å²) < 4.78 is 7.11. The Kier molecular flexibility index (Phi) is 4.92. The second-order valence-corrected chi connectivity index (χ2v) is 7.20. The third-order valence-electron chi connectivity index (χ3n) is 5.00. The topological polar surface area (TPSA) is 79.4 Å². The summed E-state index contributed by atoms with van der Waals surface area (Å²) in [7, 11) is 0. The normalized spacial score (nSPS) is 14.6. The van der Waals surface area contributed by atoms with Crippen LogP contribution in [0.15, 0.2) is 47.3 Å². The smallest absolute Gasteiger partial charge is 0.326 e. The number of H-pyrrole nitrogens is 1. The fourth-order valence-electron chi connectivity index (χ4n) is 3.64. The molecule has 1 aliphatic rings. The number of nitrogens with zero attached hydrogens (tertiary/aromatic N) is 2. The zero-order chi connectivity index (χ0) is 19.7. The van der Waals surface area contributed by atoms with E-state index in [2.05, 4.69) is 15.2 Å². The van der Waals surface area contributed by atoms with E-state index in [1.54, 1.807) is 16.7 Å². The van der Waals surface area contributed by atoms with Gasteiger partial charge in [-0.3, -0.25) is 9.36 Å². The van der Waals surface area contributed by atoms with Gasteiger partial charge in [0.1, 0.15) is 0 Å². The van der Waals surface area contributed by atoms with Crippen molar-refractivity contribution in [2.24, 2.45) is 0 Å². The first-order valence-electron chi connectivity index (χ1n) is 9.52. The van der Waals surface area contributed by atoms with Crippen LogP contribution in [0.1, 0.15) is 30.2 Å². The highest BCUT2D eigenvalue weighted by molar-refractivity contribution is 6.07. The van der Waals surface area contributed by atoms with Crippen molar-refractivity contribution in [3.63, 3.8) is 0 Å². The van der Waals surface area contributed by atoms with Gasteiger partial charge in [-0.15, -0.1) is 0 Å². The monoisotopic (exact) mass is 380 g/mol. The van der Waals surface area contributed by atoms with E-state index in [-0.39, 0.29) is 17.6 Å². The number of rotatable bonds is 4. The largest absolute Gasteiger partial charge is 0.378 e. The van der Waals surface area contributed by atoms with Gasteiger partial charge < -0.3 is 19.9 Å². The number of aromatic nitrogens is 2. The number of nitrogens with one attached hydrogen (secondary N) is 2. The summed E-state index contributed by atoms with van der Waals surface area (Å²) in [5, 5.41) is 3.01. The van der Waals surface area contributed by atoms with Crippen LogP contribution >= 0.6 is 0 Å². The van der Waals surface area contributed by atoms with Crippen molar-refractivity contribution in [3.05, 3.63) is 58.5 Å². The molecule has 1 aliphatic heterocycles. The number of aromatic amines is 1. The van der Waals surface area contributed by atoms with Crippen LogP contribution in [0.3, 0.4) is 0 Å². The van der Waals surface area contributed by atoms with Crippen molar-refractivity contribution in [1.82, 2.24) is 9.55 Å². The summed E-state index contributed by atoms with van der Waals surface area (Å²) >= 11 is 0. The van der Waals surface area contributed by atoms with Gasteiger partial charge in [0.2, 0.25) is 0 Å². The van der Waals surface area contributed by atoms with E-state index >= 15 is 0 Å². The molecule has 1 saturated heterocycles. The van der Waals surface area contributed by atoms with Crippen molar-refractivity contribution >= 4 is 28.3 Å². The molecule has 1 fully saturated rings. The molecule has 0 unspecified atom stereocenters. The molecule has 0 radical (unpaired) electrons. The fourth-order valence-corrected chi connectivity index (χ4v) is 3.64. The first-order chi connectivity index (χ1) is 13.5. The van der Waals surface area contributed by atoms with Gasteiger partial charge in [0.05, 0.1) is 35.6 Å². The molecule has 1 amide bonds. The zero-order valence-electron chi connectivity index (χ0n) is 16.1. The lowest BCUT2D eigenvalue weighted by Gasteiger charge is -2.30. The number of amides is 1. The van der Waals surface area contributed by atoms with Gasteiger partial charge in [-0.25, -0.2) is 4.79 Å². The Labute approximate surface area is 162 Å². The number of carbonyl (C=O) groups excluding carboxylic acids is 1. The lowest BCUT2D eigenvalue weighted by atomic mass is 10.1. The van der Waals surface area contributed by atoms with Crippen molar-refractivity contribution in [3.8, 4) is 0 Å². The molecule has 146 valence electrons. The maximum Gasteiger partial charge on any atom is 0.326 e. The Morgan fingerprint density at radius 3 is 2.64 bits per heavy atom. The summed E-state index contributed by atoms with van der Waals surface area (Å²) in [5.74, 6) is -0.208.